The molecule has 2 atom stereocenters. The summed E-state index contributed by atoms with van der Waals surface area (Å²) in [6.07, 6.45) is 0. The van der Waals surface area contributed by atoms with Crippen molar-refractivity contribution in [2.24, 2.45) is 18.7 Å². The molecule has 0 spiro atoms. The van der Waals surface area contributed by atoms with Crippen LogP contribution in [-0.4, -0.2) is 46.8 Å². The van der Waals surface area contributed by atoms with Crippen LogP contribution in [0, 0.1) is 12.8 Å². The number of benzene rings is 1. The molecule has 1 aliphatic rings. The minimum atomic E-state index is -0.0116. The predicted octanol–water partition coefficient (Wildman–Crippen LogP) is 2.18. The molecule has 6 nitrogen and oxygen atoms in total. The van der Waals surface area contributed by atoms with Gasteiger partial charge in [-0.15, -0.1) is 24.8 Å². The number of anilines is 1. The monoisotopic (exact) mass is 399 g/mol. The van der Waals surface area contributed by atoms with E-state index in [9.17, 15) is 4.79 Å². The van der Waals surface area contributed by atoms with Crippen LogP contribution >= 0.6 is 24.8 Å². The summed E-state index contributed by atoms with van der Waals surface area (Å²) in [4.78, 5) is 14.5. The number of carbonyl (C=O) groups excluding carboxylic acids is 1. The van der Waals surface area contributed by atoms with E-state index in [0.29, 0.717) is 24.9 Å². The van der Waals surface area contributed by atoms with Gasteiger partial charge in [0, 0.05) is 32.1 Å². The summed E-state index contributed by atoms with van der Waals surface area (Å²) in [5, 5.41) is 7.18. The number of hydrogen-bond acceptors (Lipinski definition) is 4. The highest BCUT2D eigenvalue weighted by Gasteiger charge is 2.33. The molecular weight excluding hydrogens is 373 g/mol. The van der Waals surface area contributed by atoms with Gasteiger partial charge < -0.3 is 11.1 Å². The Morgan fingerprint density at radius 3 is 2.54 bits per heavy atom. The normalized spacial score (nSPS) is 19.5. The molecule has 3 N–H and O–H groups in total. The van der Waals surface area contributed by atoms with Crippen LogP contribution < -0.4 is 11.1 Å². The largest absolute Gasteiger partial charge is 0.330 e. The second-order valence-corrected chi connectivity index (χ2v) is 6.55. The number of likely N-dealkylation sites (tertiary alicyclic amines) is 1. The zero-order valence-corrected chi connectivity index (χ0v) is 16.7. The van der Waals surface area contributed by atoms with Gasteiger partial charge in [0.2, 0.25) is 5.91 Å². The van der Waals surface area contributed by atoms with E-state index in [0.717, 1.165) is 24.6 Å². The molecule has 26 heavy (non-hydrogen) atoms. The molecule has 0 radical (unpaired) electrons. The van der Waals surface area contributed by atoms with Gasteiger partial charge in [0.15, 0.2) is 0 Å². The zero-order valence-electron chi connectivity index (χ0n) is 15.1. The number of carbonyl (C=O) groups is 1. The van der Waals surface area contributed by atoms with Gasteiger partial charge in [-0.25, -0.2) is 0 Å². The first-order chi connectivity index (χ1) is 11.6. The number of nitrogens with zero attached hydrogens (tertiary/aromatic N) is 3. The summed E-state index contributed by atoms with van der Waals surface area (Å²) >= 11 is 0. The number of hydrogen-bond donors (Lipinski definition) is 2. The molecule has 0 saturated carbocycles. The molecule has 0 bridgehead atoms. The quantitative estimate of drug-likeness (QED) is 0.807. The molecule has 144 valence electrons. The van der Waals surface area contributed by atoms with Crippen molar-refractivity contribution in [3.05, 3.63) is 47.7 Å². The first-order valence-electron chi connectivity index (χ1n) is 8.34. The predicted molar refractivity (Wildman–Crippen MR) is 109 cm³/mol. The molecule has 0 unspecified atom stereocenters. The van der Waals surface area contributed by atoms with E-state index in [-0.39, 0.29) is 30.7 Å². The third-order valence-corrected chi connectivity index (χ3v) is 4.68. The van der Waals surface area contributed by atoms with E-state index in [1.807, 2.05) is 26.1 Å². The summed E-state index contributed by atoms with van der Waals surface area (Å²) in [6, 6.07) is 12.3. The summed E-state index contributed by atoms with van der Waals surface area (Å²) in [5.41, 5.74) is 8.16. The van der Waals surface area contributed by atoms with Gasteiger partial charge in [0.05, 0.1) is 12.2 Å². The van der Waals surface area contributed by atoms with Crippen LogP contribution in [0.25, 0.3) is 0 Å². The Kier molecular flexibility index (Phi) is 8.56. The lowest BCUT2D eigenvalue weighted by Crippen LogP contribution is -2.32. The second-order valence-electron chi connectivity index (χ2n) is 6.55. The van der Waals surface area contributed by atoms with Crippen molar-refractivity contribution < 1.29 is 4.79 Å². The molecule has 2 aromatic rings. The SMILES string of the molecule is Cc1cc(NC(=O)CN2C[C@@H](CN)[C@H](c3ccccc3)C2)n(C)n1.Cl.Cl. The molecule has 8 heteroatoms. The molecule has 1 aromatic carbocycles. The molecule has 1 aromatic heterocycles. The summed E-state index contributed by atoms with van der Waals surface area (Å²) < 4.78 is 1.69. The van der Waals surface area contributed by atoms with Crippen LogP contribution in [0.5, 0.6) is 0 Å². The summed E-state index contributed by atoms with van der Waals surface area (Å²) in [5.74, 6) is 1.50. The van der Waals surface area contributed by atoms with Crippen LogP contribution in [0.3, 0.4) is 0 Å². The van der Waals surface area contributed by atoms with Crippen LogP contribution in [-0.2, 0) is 11.8 Å². The Morgan fingerprint density at radius 1 is 1.27 bits per heavy atom. The first-order valence-corrected chi connectivity index (χ1v) is 8.34. The molecular formula is C18H27Cl2N5O. The van der Waals surface area contributed by atoms with E-state index < -0.39 is 0 Å². The Labute approximate surface area is 166 Å². The Hall–Kier alpha value is -1.60. The molecule has 1 fully saturated rings. The third-order valence-electron chi connectivity index (χ3n) is 4.68. The molecule has 2 heterocycles. The number of amides is 1. The van der Waals surface area contributed by atoms with Crippen molar-refractivity contribution in [1.82, 2.24) is 14.7 Å². The lowest BCUT2D eigenvalue weighted by molar-refractivity contribution is -0.117. The Morgan fingerprint density at radius 2 is 1.96 bits per heavy atom. The maximum Gasteiger partial charge on any atom is 0.239 e. The van der Waals surface area contributed by atoms with E-state index in [1.165, 1.54) is 5.56 Å². The van der Waals surface area contributed by atoms with Gasteiger partial charge in [-0.05, 0) is 24.9 Å². The molecule has 3 rings (SSSR count). The number of halogens is 2. The van der Waals surface area contributed by atoms with Gasteiger partial charge in [0.1, 0.15) is 5.82 Å². The van der Waals surface area contributed by atoms with E-state index >= 15 is 0 Å². The van der Waals surface area contributed by atoms with Crippen LogP contribution in [0.2, 0.25) is 0 Å². The van der Waals surface area contributed by atoms with Crippen molar-refractivity contribution in [2.45, 2.75) is 12.8 Å². The number of nitrogens with two attached hydrogens (primary N) is 1. The van der Waals surface area contributed by atoms with Gasteiger partial charge in [-0.1, -0.05) is 30.3 Å². The van der Waals surface area contributed by atoms with Gasteiger partial charge >= 0.3 is 0 Å². The number of nitrogens with one attached hydrogen (secondary N) is 1. The second kappa shape index (κ2) is 9.92. The van der Waals surface area contributed by atoms with Crippen LogP contribution in [0.4, 0.5) is 5.82 Å². The minimum absolute atomic E-state index is 0. The fourth-order valence-corrected chi connectivity index (χ4v) is 3.52. The summed E-state index contributed by atoms with van der Waals surface area (Å²) in [6.45, 7) is 4.65. The van der Waals surface area contributed by atoms with Crippen molar-refractivity contribution >= 4 is 36.5 Å². The maximum atomic E-state index is 12.3. The average Bonchev–Trinajstić information content (AvgIpc) is 3.11. The van der Waals surface area contributed by atoms with Crippen LogP contribution in [0.1, 0.15) is 17.2 Å². The highest BCUT2D eigenvalue weighted by atomic mass is 35.5. The topological polar surface area (TPSA) is 76.2 Å². The number of aromatic nitrogens is 2. The van der Waals surface area contributed by atoms with E-state index in [2.05, 4.69) is 39.6 Å². The Balaban J connectivity index is 0.00000169. The summed E-state index contributed by atoms with van der Waals surface area (Å²) in [7, 11) is 1.83. The standard InChI is InChI=1S/C18H25N5O.2ClH/c1-13-8-17(22(2)21-13)20-18(24)12-23-10-15(9-19)16(11-23)14-6-4-3-5-7-14;;/h3-8,15-16H,9-12,19H2,1-2H3,(H,20,24);2*1H/t15-,16+;;/m1../s1. The van der Waals surface area contributed by atoms with Crippen molar-refractivity contribution in [3.63, 3.8) is 0 Å². The minimum Gasteiger partial charge on any atom is -0.330 e. The maximum absolute atomic E-state index is 12.3. The fraction of sp³-hybridized carbons (Fsp3) is 0.444. The smallest absolute Gasteiger partial charge is 0.239 e. The van der Waals surface area contributed by atoms with Gasteiger partial charge in [-0.3, -0.25) is 14.4 Å². The molecule has 1 amide bonds. The Bertz CT molecular complexity index is 707. The van der Waals surface area contributed by atoms with Gasteiger partial charge in [-0.2, -0.15) is 5.10 Å². The fourth-order valence-electron chi connectivity index (χ4n) is 3.52. The molecule has 1 saturated heterocycles. The highest BCUT2D eigenvalue weighted by molar-refractivity contribution is 5.91. The van der Waals surface area contributed by atoms with E-state index in [4.69, 9.17) is 5.73 Å². The highest BCUT2D eigenvalue weighted by Crippen LogP contribution is 2.31. The average molecular weight is 400 g/mol. The first kappa shape index (κ1) is 22.4. The molecule has 1 aliphatic heterocycles. The lowest BCUT2D eigenvalue weighted by Gasteiger charge is -2.16. The zero-order chi connectivity index (χ0) is 17.1. The van der Waals surface area contributed by atoms with Crippen molar-refractivity contribution in [2.75, 3.05) is 31.5 Å². The van der Waals surface area contributed by atoms with Crippen molar-refractivity contribution in [3.8, 4) is 0 Å². The van der Waals surface area contributed by atoms with Crippen molar-refractivity contribution in [1.29, 1.82) is 0 Å². The number of aryl methyl sites for hydroxylation is 2. The lowest BCUT2D eigenvalue weighted by atomic mass is 9.89. The van der Waals surface area contributed by atoms with Crippen LogP contribution in [0.15, 0.2) is 36.4 Å². The number of rotatable bonds is 5. The van der Waals surface area contributed by atoms with E-state index in [1.54, 1.807) is 4.68 Å². The third kappa shape index (κ3) is 5.20. The van der Waals surface area contributed by atoms with Gasteiger partial charge in [0.25, 0.3) is 0 Å². The molecule has 0 aliphatic carbocycles.